The molecule has 1 aromatic carbocycles. The van der Waals surface area contributed by atoms with Gasteiger partial charge in [0.1, 0.15) is 12.0 Å². The summed E-state index contributed by atoms with van der Waals surface area (Å²) in [5, 5.41) is 9.40. The van der Waals surface area contributed by atoms with Crippen molar-refractivity contribution in [1.29, 1.82) is 0 Å². The maximum absolute atomic E-state index is 10.8. The lowest BCUT2D eigenvalue weighted by Crippen LogP contribution is -1.93. The average Bonchev–Trinajstić information content (AvgIpc) is 2.27. The molecule has 0 amide bonds. The predicted molar refractivity (Wildman–Crippen MR) is 54.5 cm³/mol. The molecule has 0 heterocycles. The van der Waals surface area contributed by atoms with E-state index in [1.54, 1.807) is 0 Å². The Kier molecular flexibility index (Phi) is 3.62. The van der Waals surface area contributed by atoms with Crippen molar-refractivity contribution in [2.24, 2.45) is 0 Å². The van der Waals surface area contributed by atoms with E-state index >= 15 is 0 Å². The number of ether oxygens (including phenoxy) is 1. The maximum atomic E-state index is 10.8. The molecule has 0 aliphatic heterocycles. The van der Waals surface area contributed by atoms with E-state index in [9.17, 15) is 14.7 Å². The van der Waals surface area contributed by atoms with Gasteiger partial charge < -0.3 is 9.84 Å². The molecule has 0 fully saturated rings. The number of phenolic OH excluding ortho intramolecular Hbond substituents is 1. The molecule has 1 N–H and O–H groups in total. The first-order chi connectivity index (χ1) is 7.17. The van der Waals surface area contributed by atoms with Crippen LogP contribution in [0.3, 0.4) is 0 Å². The average molecular weight is 206 g/mol. The molecule has 78 valence electrons. The molecule has 0 bridgehead atoms. The van der Waals surface area contributed by atoms with Crippen LogP contribution in [0, 0.1) is 0 Å². The van der Waals surface area contributed by atoms with Gasteiger partial charge in [-0.25, -0.2) is 4.79 Å². The zero-order valence-electron chi connectivity index (χ0n) is 8.14. The minimum absolute atomic E-state index is 0.000697. The van der Waals surface area contributed by atoms with Crippen molar-refractivity contribution in [3.8, 4) is 5.75 Å². The monoisotopic (exact) mass is 206 g/mol. The Bertz CT molecular complexity index is 407. The molecule has 1 aromatic rings. The normalized spacial score (nSPS) is 10.2. The number of hydrogen-bond donors (Lipinski definition) is 1. The fraction of sp³-hybridized carbons (Fsp3) is 0.0909. The van der Waals surface area contributed by atoms with Crippen LogP contribution in [-0.2, 0) is 9.53 Å². The van der Waals surface area contributed by atoms with Crippen molar-refractivity contribution in [2.75, 3.05) is 7.11 Å². The Labute approximate surface area is 86.8 Å². The fourth-order valence-electron chi connectivity index (χ4n) is 1.01. The highest BCUT2D eigenvalue weighted by molar-refractivity contribution is 5.88. The predicted octanol–water partition coefficient (Wildman–Crippen LogP) is 1.39. The van der Waals surface area contributed by atoms with Gasteiger partial charge >= 0.3 is 5.97 Å². The first-order valence-corrected chi connectivity index (χ1v) is 4.21. The van der Waals surface area contributed by atoms with Gasteiger partial charge in [0.25, 0.3) is 0 Å². The van der Waals surface area contributed by atoms with E-state index in [0.717, 1.165) is 0 Å². The van der Waals surface area contributed by atoms with Gasteiger partial charge in [0, 0.05) is 17.2 Å². The highest BCUT2D eigenvalue weighted by Gasteiger charge is 2.00. The second-order valence-electron chi connectivity index (χ2n) is 2.79. The van der Waals surface area contributed by atoms with Crippen LogP contribution in [0.25, 0.3) is 6.08 Å². The molecular formula is C11H10O4. The topological polar surface area (TPSA) is 63.6 Å². The summed E-state index contributed by atoms with van der Waals surface area (Å²) in [6.45, 7) is 0. The van der Waals surface area contributed by atoms with Crippen molar-refractivity contribution in [3.63, 3.8) is 0 Å². The molecule has 4 heteroatoms. The summed E-state index contributed by atoms with van der Waals surface area (Å²) >= 11 is 0. The molecule has 0 unspecified atom stereocenters. The summed E-state index contributed by atoms with van der Waals surface area (Å²) in [5.74, 6) is -0.522. The van der Waals surface area contributed by atoms with Crippen LogP contribution in [0.5, 0.6) is 5.75 Å². The number of aldehydes is 1. The second kappa shape index (κ2) is 4.95. The van der Waals surface area contributed by atoms with E-state index in [1.165, 1.54) is 37.5 Å². The van der Waals surface area contributed by atoms with E-state index < -0.39 is 5.97 Å². The van der Waals surface area contributed by atoms with Gasteiger partial charge in [0.15, 0.2) is 0 Å². The van der Waals surface area contributed by atoms with Crippen molar-refractivity contribution < 1.29 is 19.4 Å². The molecule has 0 atom stereocenters. The van der Waals surface area contributed by atoms with Gasteiger partial charge in [-0.05, 0) is 24.3 Å². The van der Waals surface area contributed by atoms with Crippen LogP contribution < -0.4 is 0 Å². The number of phenols is 1. The minimum atomic E-state index is -0.522. The van der Waals surface area contributed by atoms with Crippen LogP contribution in [0.15, 0.2) is 24.3 Å². The molecule has 0 spiro atoms. The number of carbonyl (C=O) groups is 2. The molecule has 1 rings (SSSR count). The zero-order chi connectivity index (χ0) is 11.3. The molecule has 0 radical (unpaired) electrons. The van der Waals surface area contributed by atoms with Gasteiger partial charge in [0.05, 0.1) is 7.11 Å². The Morgan fingerprint density at radius 1 is 1.47 bits per heavy atom. The highest BCUT2D eigenvalue weighted by atomic mass is 16.5. The standard InChI is InChI=1S/C11H10O4/c1-15-11(14)5-3-9-6-8(7-12)2-4-10(9)13/h2-7,13H,1H3. The van der Waals surface area contributed by atoms with Crippen LogP contribution >= 0.6 is 0 Å². The minimum Gasteiger partial charge on any atom is -0.507 e. The van der Waals surface area contributed by atoms with E-state index in [4.69, 9.17) is 0 Å². The summed E-state index contributed by atoms with van der Waals surface area (Å²) in [4.78, 5) is 21.3. The SMILES string of the molecule is COC(=O)C=Cc1cc(C=O)ccc1O. The molecule has 0 aliphatic rings. The highest BCUT2D eigenvalue weighted by Crippen LogP contribution is 2.19. The fourth-order valence-corrected chi connectivity index (χ4v) is 1.01. The lowest BCUT2D eigenvalue weighted by Gasteiger charge is -1.99. The largest absolute Gasteiger partial charge is 0.507 e. The van der Waals surface area contributed by atoms with Crippen molar-refractivity contribution in [2.45, 2.75) is 0 Å². The van der Waals surface area contributed by atoms with E-state index in [2.05, 4.69) is 4.74 Å². The number of hydrogen-bond acceptors (Lipinski definition) is 4. The van der Waals surface area contributed by atoms with Gasteiger partial charge in [-0.1, -0.05) is 0 Å². The number of methoxy groups -OCH3 is 1. The first-order valence-electron chi connectivity index (χ1n) is 4.21. The lowest BCUT2D eigenvalue weighted by molar-refractivity contribution is -0.134. The van der Waals surface area contributed by atoms with Gasteiger partial charge in [-0.15, -0.1) is 0 Å². The molecule has 4 nitrogen and oxygen atoms in total. The Balaban J connectivity index is 2.97. The number of rotatable bonds is 3. The number of aromatic hydroxyl groups is 1. The number of carbonyl (C=O) groups excluding carboxylic acids is 2. The van der Waals surface area contributed by atoms with Gasteiger partial charge in [0.2, 0.25) is 0 Å². The molecule has 0 aromatic heterocycles. The molecular weight excluding hydrogens is 196 g/mol. The van der Waals surface area contributed by atoms with Crippen LogP contribution in [0.4, 0.5) is 0 Å². The van der Waals surface area contributed by atoms with Gasteiger partial charge in [-0.3, -0.25) is 4.79 Å². The molecule has 0 saturated heterocycles. The molecule has 0 aliphatic carbocycles. The second-order valence-corrected chi connectivity index (χ2v) is 2.79. The lowest BCUT2D eigenvalue weighted by atomic mass is 10.1. The van der Waals surface area contributed by atoms with Crippen molar-refractivity contribution >= 4 is 18.3 Å². The smallest absolute Gasteiger partial charge is 0.330 e. The zero-order valence-corrected chi connectivity index (χ0v) is 8.14. The quantitative estimate of drug-likeness (QED) is 0.461. The summed E-state index contributed by atoms with van der Waals surface area (Å²) in [5.41, 5.74) is 0.822. The number of esters is 1. The summed E-state index contributed by atoms with van der Waals surface area (Å²) < 4.78 is 4.39. The Hall–Kier alpha value is -2.10. The van der Waals surface area contributed by atoms with Crippen molar-refractivity contribution in [3.05, 3.63) is 35.4 Å². The first kappa shape index (κ1) is 11.0. The molecule has 0 saturated carbocycles. The van der Waals surface area contributed by atoms with Crippen molar-refractivity contribution in [1.82, 2.24) is 0 Å². The molecule has 15 heavy (non-hydrogen) atoms. The third-order valence-electron chi connectivity index (χ3n) is 1.79. The summed E-state index contributed by atoms with van der Waals surface area (Å²) in [6.07, 6.45) is 3.22. The summed E-state index contributed by atoms with van der Waals surface area (Å²) in [6, 6.07) is 4.35. The summed E-state index contributed by atoms with van der Waals surface area (Å²) in [7, 11) is 1.26. The Morgan fingerprint density at radius 2 is 2.20 bits per heavy atom. The third kappa shape index (κ3) is 2.95. The van der Waals surface area contributed by atoms with Gasteiger partial charge in [-0.2, -0.15) is 0 Å². The maximum Gasteiger partial charge on any atom is 0.330 e. The van der Waals surface area contributed by atoms with Crippen LogP contribution in [0.2, 0.25) is 0 Å². The van der Waals surface area contributed by atoms with E-state index in [-0.39, 0.29) is 5.75 Å². The van der Waals surface area contributed by atoms with E-state index in [0.29, 0.717) is 17.4 Å². The van der Waals surface area contributed by atoms with Crippen LogP contribution in [-0.4, -0.2) is 24.5 Å². The Morgan fingerprint density at radius 3 is 2.80 bits per heavy atom. The third-order valence-corrected chi connectivity index (χ3v) is 1.79. The van der Waals surface area contributed by atoms with E-state index in [1.807, 2.05) is 0 Å². The number of benzene rings is 1. The van der Waals surface area contributed by atoms with Crippen LogP contribution in [0.1, 0.15) is 15.9 Å².